The first-order valence-corrected chi connectivity index (χ1v) is 12.1. The Morgan fingerprint density at radius 1 is 0.943 bits per heavy atom. The second kappa shape index (κ2) is 10.3. The van der Waals surface area contributed by atoms with Gasteiger partial charge >= 0.3 is 0 Å². The van der Waals surface area contributed by atoms with Gasteiger partial charge in [-0.3, -0.25) is 14.7 Å². The lowest BCUT2D eigenvalue weighted by atomic mass is 10.1. The molecule has 0 unspecified atom stereocenters. The Labute approximate surface area is 206 Å². The maximum atomic E-state index is 12.8. The van der Waals surface area contributed by atoms with Gasteiger partial charge < -0.3 is 20.5 Å². The first-order chi connectivity index (χ1) is 17.2. The molecule has 0 bridgehead atoms. The van der Waals surface area contributed by atoms with Gasteiger partial charge in [0.1, 0.15) is 0 Å². The summed E-state index contributed by atoms with van der Waals surface area (Å²) in [6.07, 6.45) is 4.04. The highest BCUT2D eigenvalue weighted by atomic mass is 32.1. The maximum Gasteiger partial charge on any atom is 0.256 e. The van der Waals surface area contributed by atoms with Crippen molar-refractivity contribution in [2.75, 3.05) is 17.2 Å². The van der Waals surface area contributed by atoms with Gasteiger partial charge in [-0.05, 0) is 66.0 Å². The third-order valence-corrected chi connectivity index (χ3v) is 6.45. The molecule has 9 heteroatoms. The van der Waals surface area contributed by atoms with Crippen molar-refractivity contribution >= 4 is 45.6 Å². The lowest BCUT2D eigenvalue weighted by molar-refractivity contribution is 0.0950. The molecule has 0 radical (unpaired) electrons. The number of anilines is 2. The third-order valence-electron chi connectivity index (χ3n) is 5.57. The summed E-state index contributed by atoms with van der Waals surface area (Å²) in [6.45, 7) is 2.11. The molecule has 0 saturated heterocycles. The zero-order valence-corrected chi connectivity index (χ0v) is 19.6. The highest BCUT2D eigenvalue weighted by Gasteiger charge is 2.14. The Morgan fingerprint density at radius 3 is 2.51 bits per heavy atom. The van der Waals surface area contributed by atoms with Crippen LogP contribution >= 0.6 is 11.3 Å². The molecular weight excluding hydrogens is 460 g/mol. The number of benzene rings is 2. The fourth-order valence-electron chi connectivity index (χ4n) is 3.70. The zero-order chi connectivity index (χ0) is 24.0. The van der Waals surface area contributed by atoms with E-state index in [-0.39, 0.29) is 11.8 Å². The van der Waals surface area contributed by atoms with E-state index in [0.717, 1.165) is 29.2 Å². The zero-order valence-electron chi connectivity index (χ0n) is 18.8. The van der Waals surface area contributed by atoms with Gasteiger partial charge in [0.2, 0.25) is 0 Å². The molecule has 0 spiro atoms. The molecule has 0 aliphatic carbocycles. The first kappa shape index (κ1) is 22.4. The number of nitrogens with zero attached hydrogens (tertiary/aromatic N) is 2. The minimum absolute atomic E-state index is 0.182. The van der Waals surface area contributed by atoms with Crippen LogP contribution in [0.1, 0.15) is 25.6 Å². The van der Waals surface area contributed by atoms with Gasteiger partial charge in [-0.15, -0.1) is 11.3 Å². The molecule has 2 aromatic carbocycles. The predicted molar refractivity (Wildman–Crippen MR) is 139 cm³/mol. The summed E-state index contributed by atoms with van der Waals surface area (Å²) in [6, 6.07) is 20.5. The largest absolute Gasteiger partial charge is 0.383 e. The normalized spacial score (nSPS) is 10.9. The smallest absolute Gasteiger partial charge is 0.256 e. The number of hydrogen-bond donors (Lipinski definition) is 4. The van der Waals surface area contributed by atoms with Gasteiger partial charge in [-0.25, -0.2) is 0 Å². The molecule has 3 heterocycles. The van der Waals surface area contributed by atoms with E-state index < -0.39 is 0 Å². The molecule has 0 aliphatic rings. The first-order valence-electron chi connectivity index (χ1n) is 11.2. The Hall–Kier alpha value is -4.37. The summed E-state index contributed by atoms with van der Waals surface area (Å²) >= 11 is 1.59. The van der Waals surface area contributed by atoms with Crippen molar-refractivity contribution < 1.29 is 9.59 Å². The molecule has 0 aliphatic heterocycles. The summed E-state index contributed by atoms with van der Waals surface area (Å²) in [4.78, 5) is 26.5. The van der Waals surface area contributed by atoms with E-state index in [2.05, 4.69) is 30.7 Å². The number of carbonyl (C=O) groups is 2. The average molecular weight is 485 g/mol. The standard InChI is InChI=1S/C26H24N6O2S/c33-25(28-17-21-4-3-15-35-21)19-7-10-23-22(16-19)24(31-30-23)29-26(34)18-5-8-20(9-6-18)27-11-14-32-12-1-2-13-32/h1-10,12-13,15-16,27H,11,14,17H2,(H,28,33)(H2,29,30,31,34). The summed E-state index contributed by atoms with van der Waals surface area (Å²) < 4.78 is 2.10. The molecule has 2 amide bonds. The number of hydrogen-bond acceptors (Lipinski definition) is 5. The van der Waals surface area contributed by atoms with Crippen molar-refractivity contribution in [3.05, 3.63) is 101 Å². The minimum Gasteiger partial charge on any atom is -0.383 e. The van der Waals surface area contributed by atoms with Crippen molar-refractivity contribution in [1.82, 2.24) is 20.1 Å². The molecule has 0 saturated carbocycles. The van der Waals surface area contributed by atoms with Gasteiger partial charge in [0.25, 0.3) is 11.8 Å². The fraction of sp³-hybridized carbons (Fsp3) is 0.115. The number of carbonyl (C=O) groups excluding carboxylic acids is 2. The van der Waals surface area contributed by atoms with E-state index in [4.69, 9.17) is 0 Å². The van der Waals surface area contributed by atoms with Crippen LogP contribution in [-0.2, 0) is 13.1 Å². The molecule has 8 nitrogen and oxygen atoms in total. The van der Waals surface area contributed by atoms with Crippen molar-refractivity contribution in [3.63, 3.8) is 0 Å². The van der Waals surface area contributed by atoms with Crippen LogP contribution in [0.25, 0.3) is 10.9 Å². The van der Waals surface area contributed by atoms with E-state index >= 15 is 0 Å². The summed E-state index contributed by atoms with van der Waals surface area (Å²) in [5.41, 5.74) is 2.69. The maximum absolute atomic E-state index is 12.8. The highest BCUT2D eigenvalue weighted by Crippen LogP contribution is 2.23. The minimum atomic E-state index is -0.273. The topological polar surface area (TPSA) is 104 Å². The van der Waals surface area contributed by atoms with Gasteiger partial charge in [0.15, 0.2) is 5.82 Å². The average Bonchev–Trinajstić information content (AvgIpc) is 3.66. The molecule has 176 valence electrons. The monoisotopic (exact) mass is 484 g/mol. The van der Waals surface area contributed by atoms with Crippen LogP contribution in [-0.4, -0.2) is 33.1 Å². The number of aromatic nitrogens is 3. The number of nitrogens with one attached hydrogen (secondary N) is 4. The van der Waals surface area contributed by atoms with Crippen LogP contribution in [0.4, 0.5) is 11.5 Å². The molecule has 0 atom stereocenters. The van der Waals surface area contributed by atoms with E-state index in [1.165, 1.54) is 0 Å². The number of rotatable bonds is 9. The van der Waals surface area contributed by atoms with Gasteiger partial charge in [-0.1, -0.05) is 6.07 Å². The Bertz CT molecular complexity index is 1420. The molecule has 35 heavy (non-hydrogen) atoms. The third kappa shape index (κ3) is 5.42. The second-order valence-corrected chi connectivity index (χ2v) is 9.01. The van der Waals surface area contributed by atoms with E-state index in [1.807, 2.05) is 54.2 Å². The molecule has 3 aromatic heterocycles. The quantitative estimate of drug-likeness (QED) is 0.243. The summed E-state index contributed by atoms with van der Waals surface area (Å²) in [7, 11) is 0. The lowest BCUT2D eigenvalue weighted by Gasteiger charge is -2.08. The number of aromatic amines is 1. The highest BCUT2D eigenvalue weighted by molar-refractivity contribution is 7.09. The second-order valence-electron chi connectivity index (χ2n) is 7.97. The Kier molecular flexibility index (Phi) is 6.58. The van der Waals surface area contributed by atoms with Crippen LogP contribution in [0, 0.1) is 0 Å². The molecule has 4 N–H and O–H groups in total. The van der Waals surface area contributed by atoms with Crippen molar-refractivity contribution in [2.45, 2.75) is 13.1 Å². The van der Waals surface area contributed by atoms with Crippen molar-refractivity contribution in [2.24, 2.45) is 0 Å². The lowest BCUT2D eigenvalue weighted by Crippen LogP contribution is -2.22. The fourth-order valence-corrected chi connectivity index (χ4v) is 4.35. The van der Waals surface area contributed by atoms with Crippen molar-refractivity contribution in [1.29, 1.82) is 0 Å². The SMILES string of the molecule is O=C(NCc1cccs1)c1ccc2[nH]nc(NC(=O)c3ccc(NCCn4cccc4)cc3)c2c1. The molecule has 0 fully saturated rings. The van der Waals surface area contributed by atoms with Crippen LogP contribution in [0.5, 0.6) is 0 Å². The number of amides is 2. The predicted octanol–water partition coefficient (Wildman–Crippen LogP) is 4.72. The van der Waals surface area contributed by atoms with Crippen LogP contribution in [0.2, 0.25) is 0 Å². The van der Waals surface area contributed by atoms with Gasteiger partial charge in [-0.2, -0.15) is 5.10 Å². The van der Waals surface area contributed by atoms with Gasteiger partial charge in [0.05, 0.1) is 12.1 Å². The number of H-pyrrole nitrogens is 1. The van der Waals surface area contributed by atoms with Crippen LogP contribution < -0.4 is 16.0 Å². The Balaban J connectivity index is 1.21. The van der Waals surface area contributed by atoms with Crippen LogP contribution in [0.15, 0.2) is 84.5 Å². The number of thiophene rings is 1. The Morgan fingerprint density at radius 2 is 1.74 bits per heavy atom. The van der Waals surface area contributed by atoms with Crippen molar-refractivity contribution in [3.8, 4) is 0 Å². The summed E-state index contributed by atoms with van der Waals surface area (Å²) in [5.74, 6) is -0.0738. The summed E-state index contributed by atoms with van der Waals surface area (Å²) in [5, 5.41) is 18.9. The van der Waals surface area contributed by atoms with Gasteiger partial charge in [0, 0.05) is 52.6 Å². The number of fused-ring (bicyclic) bond motifs is 1. The van der Waals surface area contributed by atoms with Crippen LogP contribution in [0.3, 0.4) is 0 Å². The van der Waals surface area contributed by atoms with E-state index in [1.54, 1.807) is 41.7 Å². The molecular formula is C26H24N6O2S. The van der Waals surface area contributed by atoms with E-state index in [0.29, 0.717) is 28.9 Å². The van der Waals surface area contributed by atoms with E-state index in [9.17, 15) is 9.59 Å². The molecule has 5 rings (SSSR count). The molecule has 5 aromatic rings.